The van der Waals surface area contributed by atoms with Gasteiger partial charge in [-0.05, 0) is 19.9 Å². The van der Waals surface area contributed by atoms with Crippen LogP contribution >= 0.6 is 15.9 Å². The van der Waals surface area contributed by atoms with Crippen molar-refractivity contribution in [3.63, 3.8) is 0 Å². The Bertz CT molecular complexity index is 304. The van der Waals surface area contributed by atoms with Crippen molar-refractivity contribution >= 4 is 15.9 Å². The molecule has 0 aromatic carbocycles. The maximum Gasteiger partial charge on any atom is 0.0762 e. The monoisotopic (exact) mass is 257 g/mol. The molecule has 3 nitrogen and oxygen atoms in total. The van der Waals surface area contributed by atoms with Crippen LogP contribution in [0.15, 0.2) is 23.3 Å². The molecule has 0 spiro atoms. The summed E-state index contributed by atoms with van der Waals surface area (Å²) in [5.74, 6) is 0. The first-order valence-corrected chi connectivity index (χ1v) is 5.47. The van der Waals surface area contributed by atoms with Gasteiger partial charge in [0.2, 0.25) is 0 Å². The summed E-state index contributed by atoms with van der Waals surface area (Å²) in [7, 11) is 0. The van der Waals surface area contributed by atoms with E-state index < -0.39 is 0 Å². The average Bonchev–Trinajstić information content (AvgIpc) is 2.52. The van der Waals surface area contributed by atoms with Gasteiger partial charge in [-0.25, -0.2) is 0 Å². The Labute approximate surface area is 93.3 Å². The first-order valence-electron chi connectivity index (χ1n) is 4.67. The molecule has 1 N–H and O–H groups in total. The van der Waals surface area contributed by atoms with Crippen LogP contribution in [0.5, 0.6) is 0 Å². The molecule has 0 bridgehead atoms. The van der Waals surface area contributed by atoms with Crippen molar-refractivity contribution in [1.29, 1.82) is 0 Å². The fraction of sp³-hybridized carbons (Fsp3) is 0.500. The number of halogens is 1. The minimum atomic E-state index is 0.426. The highest BCUT2D eigenvalue weighted by Crippen LogP contribution is 2.04. The number of rotatable bonds is 5. The molecule has 0 atom stereocenters. The first-order chi connectivity index (χ1) is 6.59. The third kappa shape index (κ3) is 3.64. The largest absolute Gasteiger partial charge is 0.306 e. The van der Waals surface area contributed by atoms with E-state index in [1.807, 2.05) is 16.9 Å². The summed E-state index contributed by atoms with van der Waals surface area (Å²) in [5.41, 5.74) is 1.06. The average molecular weight is 258 g/mol. The van der Waals surface area contributed by atoms with Crippen LogP contribution in [-0.4, -0.2) is 16.3 Å². The number of hydrogen-bond acceptors (Lipinski definition) is 2. The van der Waals surface area contributed by atoms with Crippen molar-refractivity contribution in [1.82, 2.24) is 15.1 Å². The molecule has 1 aromatic heterocycles. The molecule has 0 aliphatic heterocycles. The molecule has 4 heteroatoms. The molecule has 0 saturated heterocycles. The van der Waals surface area contributed by atoms with Gasteiger partial charge in [-0.2, -0.15) is 5.10 Å². The molecule has 1 rings (SSSR count). The van der Waals surface area contributed by atoms with Crippen LogP contribution in [0.4, 0.5) is 0 Å². The van der Waals surface area contributed by atoms with E-state index in [4.69, 9.17) is 0 Å². The van der Waals surface area contributed by atoms with Gasteiger partial charge in [-0.15, -0.1) is 0 Å². The van der Waals surface area contributed by atoms with E-state index in [0.717, 1.165) is 23.3 Å². The van der Waals surface area contributed by atoms with E-state index in [2.05, 4.69) is 46.8 Å². The fourth-order valence-electron chi connectivity index (χ4n) is 1.09. The Hall–Kier alpha value is -0.610. The minimum Gasteiger partial charge on any atom is -0.306 e. The molecule has 0 radical (unpaired) electrons. The third-order valence-corrected chi connectivity index (χ3v) is 2.10. The van der Waals surface area contributed by atoms with Crippen molar-refractivity contribution in [2.75, 3.05) is 6.54 Å². The molecule has 0 aliphatic rings. The lowest BCUT2D eigenvalue weighted by molar-refractivity contribution is 0.523. The third-order valence-electron chi connectivity index (χ3n) is 1.82. The number of aromatic nitrogens is 2. The zero-order chi connectivity index (χ0) is 10.6. The normalized spacial score (nSPS) is 10.9. The van der Waals surface area contributed by atoms with Gasteiger partial charge in [0, 0.05) is 29.8 Å². The van der Waals surface area contributed by atoms with E-state index >= 15 is 0 Å². The van der Waals surface area contributed by atoms with Crippen LogP contribution in [0.25, 0.3) is 0 Å². The zero-order valence-electron chi connectivity index (χ0n) is 8.63. The highest BCUT2D eigenvalue weighted by atomic mass is 79.9. The smallest absolute Gasteiger partial charge is 0.0762 e. The van der Waals surface area contributed by atoms with Crippen molar-refractivity contribution < 1.29 is 0 Å². The zero-order valence-corrected chi connectivity index (χ0v) is 10.2. The molecule has 1 heterocycles. The second-order valence-corrected chi connectivity index (χ2v) is 4.62. The molecule has 0 fully saturated rings. The van der Waals surface area contributed by atoms with Crippen molar-refractivity contribution in [3.05, 3.63) is 29.0 Å². The van der Waals surface area contributed by atoms with Crippen LogP contribution < -0.4 is 5.32 Å². The van der Waals surface area contributed by atoms with Gasteiger partial charge in [0.25, 0.3) is 0 Å². The lowest BCUT2D eigenvalue weighted by Gasteiger charge is -2.04. The van der Waals surface area contributed by atoms with E-state index in [9.17, 15) is 0 Å². The maximum atomic E-state index is 4.42. The van der Waals surface area contributed by atoms with Gasteiger partial charge in [-0.3, -0.25) is 4.68 Å². The SMILES string of the molecule is C=C(Br)CNCc1ccn(C(C)C)n1. The summed E-state index contributed by atoms with van der Waals surface area (Å²) < 4.78 is 2.92. The fourth-order valence-corrected chi connectivity index (χ4v) is 1.28. The summed E-state index contributed by atoms with van der Waals surface area (Å²) in [6.45, 7) is 9.53. The summed E-state index contributed by atoms with van der Waals surface area (Å²) in [4.78, 5) is 0. The molecule has 0 saturated carbocycles. The predicted octanol–water partition coefficient (Wildman–Crippen LogP) is 2.46. The lowest BCUT2D eigenvalue weighted by Crippen LogP contribution is -2.15. The van der Waals surface area contributed by atoms with E-state index in [0.29, 0.717) is 6.04 Å². The van der Waals surface area contributed by atoms with Crippen LogP contribution in [0.1, 0.15) is 25.6 Å². The van der Waals surface area contributed by atoms with Gasteiger partial charge < -0.3 is 5.32 Å². The topological polar surface area (TPSA) is 29.9 Å². The predicted molar refractivity (Wildman–Crippen MR) is 62.4 cm³/mol. The summed E-state index contributed by atoms with van der Waals surface area (Å²) in [6.07, 6.45) is 2.00. The van der Waals surface area contributed by atoms with E-state index in [-0.39, 0.29) is 0 Å². The standard InChI is InChI=1S/C10H16BrN3/c1-8(2)14-5-4-10(13-14)7-12-6-9(3)11/h4-5,8,12H,3,6-7H2,1-2H3. The summed E-state index contributed by atoms with van der Waals surface area (Å²) in [5, 5.41) is 7.65. The Morgan fingerprint density at radius 3 is 2.93 bits per heavy atom. The molecule has 0 aliphatic carbocycles. The Morgan fingerprint density at radius 2 is 2.43 bits per heavy atom. The van der Waals surface area contributed by atoms with Gasteiger partial charge >= 0.3 is 0 Å². The van der Waals surface area contributed by atoms with Gasteiger partial charge in [0.15, 0.2) is 0 Å². The number of nitrogens with one attached hydrogen (secondary N) is 1. The Balaban J connectivity index is 2.40. The van der Waals surface area contributed by atoms with Gasteiger partial charge in [0.05, 0.1) is 5.69 Å². The van der Waals surface area contributed by atoms with Gasteiger partial charge in [-0.1, -0.05) is 22.5 Å². The second-order valence-electron chi connectivity index (χ2n) is 3.50. The molecule has 0 unspecified atom stereocenters. The molecule has 0 amide bonds. The van der Waals surface area contributed by atoms with E-state index in [1.165, 1.54) is 0 Å². The lowest BCUT2D eigenvalue weighted by atomic mass is 10.4. The van der Waals surface area contributed by atoms with Crippen LogP contribution in [0.3, 0.4) is 0 Å². The van der Waals surface area contributed by atoms with Crippen LogP contribution in [-0.2, 0) is 6.54 Å². The highest BCUT2D eigenvalue weighted by molar-refractivity contribution is 9.11. The first kappa shape index (κ1) is 11.5. The maximum absolute atomic E-state index is 4.42. The van der Waals surface area contributed by atoms with Crippen molar-refractivity contribution in [3.8, 4) is 0 Å². The number of hydrogen-bond donors (Lipinski definition) is 1. The Morgan fingerprint density at radius 1 is 1.71 bits per heavy atom. The highest BCUT2D eigenvalue weighted by Gasteiger charge is 2.00. The molecule has 78 valence electrons. The van der Waals surface area contributed by atoms with Crippen LogP contribution in [0.2, 0.25) is 0 Å². The second kappa shape index (κ2) is 5.32. The van der Waals surface area contributed by atoms with Gasteiger partial charge in [0.1, 0.15) is 0 Å². The molecular weight excluding hydrogens is 242 g/mol. The summed E-state index contributed by atoms with van der Waals surface area (Å²) >= 11 is 3.29. The van der Waals surface area contributed by atoms with Crippen molar-refractivity contribution in [2.45, 2.75) is 26.4 Å². The molecule has 14 heavy (non-hydrogen) atoms. The minimum absolute atomic E-state index is 0.426. The van der Waals surface area contributed by atoms with E-state index in [1.54, 1.807) is 0 Å². The van der Waals surface area contributed by atoms with Crippen molar-refractivity contribution in [2.24, 2.45) is 0 Å². The number of nitrogens with zero attached hydrogens (tertiary/aromatic N) is 2. The molecular formula is C10H16BrN3. The van der Waals surface area contributed by atoms with Crippen LogP contribution in [0, 0.1) is 0 Å². The quantitative estimate of drug-likeness (QED) is 0.879. The Kier molecular flexibility index (Phi) is 4.35. The molecule has 1 aromatic rings. The summed E-state index contributed by atoms with van der Waals surface area (Å²) in [6, 6.07) is 2.46.